The van der Waals surface area contributed by atoms with Crippen LogP contribution < -0.4 is 5.32 Å². The zero-order valence-electron chi connectivity index (χ0n) is 11.9. The first-order valence-electron chi connectivity index (χ1n) is 6.39. The maximum absolute atomic E-state index is 11.8. The molecule has 0 aliphatic heterocycles. The summed E-state index contributed by atoms with van der Waals surface area (Å²) in [5.41, 5.74) is 0.201. The quantitative estimate of drug-likeness (QED) is 0.865. The van der Waals surface area contributed by atoms with Crippen LogP contribution in [0.4, 0.5) is 4.79 Å². The monoisotopic (exact) mass is 280 g/mol. The maximum Gasteiger partial charge on any atom is 0.408 e. The van der Waals surface area contributed by atoms with Crippen molar-refractivity contribution >= 4 is 12.1 Å². The van der Waals surface area contributed by atoms with E-state index in [4.69, 9.17) is 9.84 Å². The molecule has 0 aromatic carbocycles. The molecule has 20 heavy (non-hydrogen) atoms. The molecule has 110 valence electrons. The van der Waals surface area contributed by atoms with Gasteiger partial charge in [-0.05, 0) is 44.9 Å². The molecule has 0 spiro atoms. The first-order chi connectivity index (χ1) is 9.28. The van der Waals surface area contributed by atoms with Crippen molar-refractivity contribution in [1.82, 2.24) is 10.3 Å². The molecule has 1 heterocycles. The van der Waals surface area contributed by atoms with E-state index in [-0.39, 0.29) is 6.42 Å². The minimum atomic E-state index is -0.907. The average Bonchev–Trinajstić information content (AvgIpc) is 2.33. The van der Waals surface area contributed by atoms with E-state index >= 15 is 0 Å². The van der Waals surface area contributed by atoms with Gasteiger partial charge in [-0.3, -0.25) is 9.78 Å². The lowest BCUT2D eigenvalue weighted by atomic mass is 10.0. The molecule has 0 radical (unpaired) electrons. The second kappa shape index (κ2) is 6.88. The van der Waals surface area contributed by atoms with Gasteiger partial charge in [0.25, 0.3) is 0 Å². The topological polar surface area (TPSA) is 88.5 Å². The summed E-state index contributed by atoms with van der Waals surface area (Å²) in [5, 5.41) is 11.5. The van der Waals surface area contributed by atoms with Gasteiger partial charge in [0.05, 0.1) is 6.04 Å². The number of hydrogen-bond acceptors (Lipinski definition) is 4. The van der Waals surface area contributed by atoms with Crippen LogP contribution in [0.15, 0.2) is 24.5 Å². The molecular formula is C14H20N2O4. The van der Waals surface area contributed by atoms with Gasteiger partial charge in [0.1, 0.15) is 5.60 Å². The summed E-state index contributed by atoms with van der Waals surface area (Å²) in [4.78, 5) is 26.4. The van der Waals surface area contributed by atoms with E-state index in [9.17, 15) is 9.59 Å². The molecule has 0 saturated carbocycles. The third-order valence-electron chi connectivity index (χ3n) is 2.45. The number of carboxylic acids is 1. The van der Waals surface area contributed by atoms with E-state index in [1.807, 2.05) is 0 Å². The van der Waals surface area contributed by atoms with Crippen LogP contribution in [0, 0.1) is 0 Å². The molecule has 0 unspecified atom stereocenters. The Morgan fingerprint density at radius 1 is 1.35 bits per heavy atom. The van der Waals surface area contributed by atoms with E-state index in [1.165, 1.54) is 0 Å². The number of amides is 1. The minimum Gasteiger partial charge on any atom is -0.481 e. The number of pyridine rings is 1. The smallest absolute Gasteiger partial charge is 0.408 e. The van der Waals surface area contributed by atoms with Gasteiger partial charge in [-0.1, -0.05) is 0 Å². The number of ether oxygens (including phenoxy) is 1. The fraction of sp³-hybridized carbons (Fsp3) is 0.500. The molecule has 1 atom stereocenters. The zero-order valence-corrected chi connectivity index (χ0v) is 11.9. The summed E-state index contributed by atoms with van der Waals surface area (Å²) >= 11 is 0. The van der Waals surface area contributed by atoms with Crippen LogP contribution in [0.25, 0.3) is 0 Å². The van der Waals surface area contributed by atoms with Crippen molar-refractivity contribution in [2.45, 2.75) is 45.3 Å². The molecule has 0 fully saturated rings. The van der Waals surface area contributed by atoms with Crippen LogP contribution in [0.2, 0.25) is 0 Å². The molecule has 0 aliphatic rings. The van der Waals surface area contributed by atoms with Gasteiger partial charge in [-0.15, -0.1) is 0 Å². The van der Waals surface area contributed by atoms with E-state index in [0.717, 1.165) is 5.56 Å². The van der Waals surface area contributed by atoms with Crippen LogP contribution in [0.5, 0.6) is 0 Å². The Morgan fingerprint density at radius 2 is 1.95 bits per heavy atom. The highest BCUT2D eigenvalue weighted by atomic mass is 16.6. The summed E-state index contributed by atoms with van der Waals surface area (Å²) in [6, 6.07) is 3.07. The van der Waals surface area contributed by atoms with Crippen molar-refractivity contribution in [3.8, 4) is 0 Å². The highest BCUT2D eigenvalue weighted by Crippen LogP contribution is 2.19. The third-order valence-corrected chi connectivity index (χ3v) is 2.45. The molecule has 0 bridgehead atoms. The predicted octanol–water partition coefficient (Wildman–Crippen LogP) is 2.51. The molecule has 0 aliphatic carbocycles. The first-order valence-corrected chi connectivity index (χ1v) is 6.39. The van der Waals surface area contributed by atoms with Crippen LogP contribution in [0.3, 0.4) is 0 Å². The summed E-state index contributed by atoms with van der Waals surface area (Å²) in [7, 11) is 0. The standard InChI is InChI=1S/C14H20N2O4/c1-14(2,3)20-13(19)16-11(4-5-12(17)18)10-6-8-15-9-7-10/h6-9,11H,4-5H2,1-3H3,(H,16,19)(H,17,18)/t11-/m1/s1. The number of alkyl carbamates (subject to hydrolysis) is 1. The number of nitrogens with one attached hydrogen (secondary N) is 1. The fourth-order valence-corrected chi connectivity index (χ4v) is 1.64. The summed E-state index contributed by atoms with van der Waals surface area (Å²) < 4.78 is 5.18. The SMILES string of the molecule is CC(C)(C)OC(=O)N[C@H](CCC(=O)O)c1ccncc1. The number of carboxylic acid groups (broad SMARTS) is 1. The van der Waals surface area contributed by atoms with Gasteiger partial charge in [0.2, 0.25) is 0 Å². The van der Waals surface area contributed by atoms with Crippen LogP contribution >= 0.6 is 0 Å². The molecule has 2 N–H and O–H groups in total. The lowest BCUT2D eigenvalue weighted by molar-refractivity contribution is -0.137. The second-order valence-electron chi connectivity index (χ2n) is 5.41. The number of aliphatic carboxylic acids is 1. The lowest BCUT2D eigenvalue weighted by Gasteiger charge is -2.23. The Labute approximate surface area is 118 Å². The van der Waals surface area contributed by atoms with Gasteiger partial charge in [0.15, 0.2) is 0 Å². The molecule has 0 saturated heterocycles. The number of nitrogens with zero attached hydrogens (tertiary/aromatic N) is 1. The normalized spacial score (nSPS) is 12.6. The van der Waals surface area contributed by atoms with Crippen molar-refractivity contribution in [3.05, 3.63) is 30.1 Å². The Hall–Kier alpha value is -2.11. The Balaban J connectivity index is 2.73. The number of carbonyl (C=O) groups is 2. The summed E-state index contributed by atoms with van der Waals surface area (Å²) in [5.74, 6) is -0.907. The number of hydrogen-bond donors (Lipinski definition) is 2. The predicted molar refractivity (Wildman–Crippen MR) is 73.2 cm³/mol. The van der Waals surface area contributed by atoms with E-state index < -0.39 is 23.7 Å². The van der Waals surface area contributed by atoms with Gasteiger partial charge < -0.3 is 15.2 Å². The van der Waals surface area contributed by atoms with Crippen LogP contribution in [-0.4, -0.2) is 27.8 Å². The van der Waals surface area contributed by atoms with E-state index in [1.54, 1.807) is 45.3 Å². The minimum absolute atomic E-state index is 0.0389. The fourth-order valence-electron chi connectivity index (χ4n) is 1.64. The maximum atomic E-state index is 11.8. The summed E-state index contributed by atoms with van der Waals surface area (Å²) in [6.07, 6.45) is 2.88. The van der Waals surface area contributed by atoms with Gasteiger partial charge in [-0.25, -0.2) is 4.79 Å². The number of carbonyl (C=O) groups excluding carboxylic acids is 1. The highest BCUT2D eigenvalue weighted by Gasteiger charge is 2.21. The zero-order chi connectivity index (χ0) is 15.2. The number of rotatable bonds is 5. The molecule has 1 amide bonds. The second-order valence-corrected chi connectivity index (χ2v) is 5.41. The van der Waals surface area contributed by atoms with Crippen molar-refractivity contribution < 1.29 is 19.4 Å². The molecule has 1 rings (SSSR count). The number of aromatic nitrogens is 1. The largest absolute Gasteiger partial charge is 0.481 e. The first kappa shape index (κ1) is 15.9. The van der Waals surface area contributed by atoms with E-state index in [2.05, 4.69) is 10.3 Å². The molecule has 6 nitrogen and oxygen atoms in total. The van der Waals surface area contributed by atoms with Gasteiger partial charge in [-0.2, -0.15) is 0 Å². The average molecular weight is 280 g/mol. The molecular weight excluding hydrogens is 260 g/mol. The van der Waals surface area contributed by atoms with Crippen LogP contribution in [0.1, 0.15) is 45.2 Å². The summed E-state index contributed by atoms with van der Waals surface area (Å²) in [6.45, 7) is 5.31. The Morgan fingerprint density at radius 3 is 2.45 bits per heavy atom. The Kier molecular flexibility index (Phi) is 5.49. The third kappa shape index (κ3) is 6.17. The molecule has 6 heteroatoms. The van der Waals surface area contributed by atoms with E-state index in [0.29, 0.717) is 6.42 Å². The van der Waals surface area contributed by atoms with Crippen molar-refractivity contribution in [3.63, 3.8) is 0 Å². The lowest BCUT2D eigenvalue weighted by Crippen LogP contribution is -2.35. The highest BCUT2D eigenvalue weighted by molar-refractivity contribution is 5.69. The van der Waals surface area contributed by atoms with Crippen LogP contribution in [-0.2, 0) is 9.53 Å². The molecule has 1 aromatic heterocycles. The van der Waals surface area contributed by atoms with Crippen molar-refractivity contribution in [1.29, 1.82) is 0 Å². The molecule has 1 aromatic rings. The van der Waals surface area contributed by atoms with Gasteiger partial charge in [0, 0.05) is 18.8 Å². The van der Waals surface area contributed by atoms with Crippen molar-refractivity contribution in [2.24, 2.45) is 0 Å². The Bertz CT molecular complexity index is 454. The van der Waals surface area contributed by atoms with Gasteiger partial charge >= 0.3 is 12.1 Å². The van der Waals surface area contributed by atoms with Crippen molar-refractivity contribution in [2.75, 3.05) is 0 Å².